The van der Waals surface area contributed by atoms with Gasteiger partial charge in [0.25, 0.3) is 0 Å². The summed E-state index contributed by atoms with van der Waals surface area (Å²) in [4.78, 5) is 8.83. The number of allylic oxidation sites excluding steroid dienone is 1. The largest absolute Gasteiger partial charge is 0.340 e. The molecule has 3 aromatic heterocycles. The van der Waals surface area contributed by atoms with Crippen molar-refractivity contribution < 1.29 is 0 Å². The summed E-state index contributed by atoms with van der Waals surface area (Å²) in [5.41, 5.74) is 6.83. The molecular weight excluding hydrogens is 447 g/mol. The summed E-state index contributed by atoms with van der Waals surface area (Å²) < 4.78 is 1.80. The fourth-order valence-corrected chi connectivity index (χ4v) is 3.97. The second-order valence-corrected chi connectivity index (χ2v) is 8.48. The maximum absolute atomic E-state index is 9.32. The summed E-state index contributed by atoms with van der Waals surface area (Å²) in [5, 5.41) is 20.5. The van der Waals surface area contributed by atoms with Gasteiger partial charge in [-0.2, -0.15) is 10.4 Å². The number of fused-ring (bicyclic) bond motifs is 1. The minimum absolute atomic E-state index is 0.252. The lowest BCUT2D eigenvalue weighted by atomic mass is 9.99. The first kappa shape index (κ1) is 23.6. The van der Waals surface area contributed by atoms with E-state index in [0.29, 0.717) is 24.0 Å². The molecule has 10 heteroatoms. The number of aromatic nitrogens is 4. The zero-order valence-electron chi connectivity index (χ0n) is 18.7. The Bertz CT molecular complexity index is 1170. The predicted molar refractivity (Wildman–Crippen MR) is 130 cm³/mol. The van der Waals surface area contributed by atoms with E-state index in [1.807, 2.05) is 19.0 Å². The lowest BCUT2D eigenvalue weighted by Crippen LogP contribution is -2.41. The van der Waals surface area contributed by atoms with Crippen molar-refractivity contribution in [3.63, 3.8) is 0 Å². The molecule has 2 N–H and O–H groups in total. The number of pyridine rings is 2. The molecule has 0 saturated heterocycles. The Hall–Kier alpha value is -3.02. The SMILES string of the molecule is CCCN(N/C(=C\C#N)Nc1cc(Cl)nc(Cl)c1)c1cc(C(C)C)c2c(C)nn(C)c2n1. The van der Waals surface area contributed by atoms with Crippen molar-refractivity contribution in [2.45, 2.75) is 40.0 Å². The molecule has 0 spiro atoms. The van der Waals surface area contributed by atoms with E-state index in [1.165, 1.54) is 11.6 Å². The van der Waals surface area contributed by atoms with Crippen molar-refractivity contribution in [3.05, 3.63) is 51.7 Å². The Morgan fingerprint density at radius 2 is 1.94 bits per heavy atom. The third kappa shape index (κ3) is 5.23. The Balaban J connectivity index is 2.01. The van der Waals surface area contributed by atoms with Crippen LogP contribution in [-0.4, -0.2) is 26.3 Å². The molecule has 3 heterocycles. The van der Waals surface area contributed by atoms with Gasteiger partial charge in [0.15, 0.2) is 5.65 Å². The van der Waals surface area contributed by atoms with E-state index in [-0.39, 0.29) is 10.3 Å². The molecule has 168 valence electrons. The summed E-state index contributed by atoms with van der Waals surface area (Å²) in [6.07, 6.45) is 2.24. The molecule has 0 aliphatic carbocycles. The zero-order valence-corrected chi connectivity index (χ0v) is 20.3. The molecule has 0 saturated carbocycles. The summed E-state index contributed by atoms with van der Waals surface area (Å²) in [5.74, 6) is 1.48. The van der Waals surface area contributed by atoms with Gasteiger partial charge in [-0.05, 0) is 43.0 Å². The number of hydrogen-bond acceptors (Lipinski definition) is 7. The first-order valence-electron chi connectivity index (χ1n) is 10.3. The van der Waals surface area contributed by atoms with Gasteiger partial charge in [-0.25, -0.2) is 9.97 Å². The number of anilines is 2. The lowest BCUT2D eigenvalue weighted by Gasteiger charge is -2.27. The number of hydrogen-bond donors (Lipinski definition) is 2. The standard InChI is InChI=1S/C22H26Cl2N8/c1-6-9-32(30-19(7-8-25)26-15-10-17(23)27-18(24)11-15)20-12-16(13(2)3)21-14(4)29-31(5)22(21)28-20/h7,10-13,30H,6,9H2,1-5H3,(H,26,27)/b19-7-. The molecular formula is C22H26Cl2N8. The van der Waals surface area contributed by atoms with E-state index in [0.717, 1.165) is 29.0 Å². The number of halogens is 2. The fourth-order valence-electron chi connectivity index (χ4n) is 3.51. The minimum Gasteiger partial charge on any atom is -0.340 e. The third-order valence-corrected chi connectivity index (χ3v) is 5.22. The molecule has 0 unspecified atom stereocenters. The van der Waals surface area contributed by atoms with Crippen LogP contribution >= 0.6 is 23.2 Å². The van der Waals surface area contributed by atoms with Crippen molar-refractivity contribution >= 4 is 45.7 Å². The molecule has 3 rings (SSSR count). The number of rotatable bonds is 8. The molecule has 0 aromatic carbocycles. The molecule has 0 bridgehead atoms. The number of nitrogens with one attached hydrogen (secondary N) is 2. The van der Waals surface area contributed by atoms with Crippen LogP contribution in [0.3, 0.4) is 0 Å². The topological polar surface area (TPSA) is 94.7 Å². The first-order chi connectivity index (χ1) is 15.2. The maximum atomic E-state index is 9.32. The normalized spacial score (nSPS) is 11.7. The first-order valence-corrected chi connectivity index (χ1v) is 11.1. The zero-order chi connectivity index (χ0) is 23.4. The number of nitriles is 1. The van der Waals surface area contributed by atoms with Crippen molar-refractivity contribution in [2.75, 3.05) is 16.9 Å². The van der Waals surface area contributed by atoms with E-state index in [1.54, 1.807) is 16.8 Å². The highest BCUT2D eigenvalue weighted by molar-refractivity contribution is 6.32. The van der Waals surface area contributed by atoms with Gasteiger partial charge < -0.3 is 5.32 Å². The molecule has 8 nitrogen and oxygen atoms in total. The van der Waals surface area contributed by atoms with Crippen molar-refractivity contribution in [2.24, 2.45) is 7.05 Å². The predicted octanol–water partition coefficient (Wildman–Crippen LogP) is 5.30. The Kier molecular flexibility index (Phi) is 7.44. The number of hydrazine groups is 1. The van der Waals surface area contributed by atoms with E-state index in [2.05, 4.69) is 53.7 Å². The van der Waals surface area contributed by atoms with E-state index < -0.39 is 0 Å². The van der Waals surface area contributed by atoms with Gasteiger partial charge >= 0.3 is 0 Å². The van der Waals surface area contributed by atoms with Gasteiger partial charge in [0, 0.05) is 24.7 Å². The smallest absolute Gasteiger partial charge is 0.160 e. The highest BCUT2D eigenvalue weighted by Crippen LogP contribution is 2.30. The van der Waals surface area contributed by atoms with Crippen LogP contribution in [0.1, 0.15) is 44.4 Å². The van der Waals surface area contributed by atoms with Crippen LogP contribution in [0.5, 0.6) is 0 Å². The van der Waals surface area contributed by atoms with Crippen LogP contribution in [0.2, 0.25) is 10.3 Å². The molecule has 0 aliphatic rings. The van der Waals surface area contributed by atoms with Crippen LogP contribution in [0, 0.1) is 18.3 Å². The van der Waals surface area contributed by atoms with Gasteiger partial charge in [-0.3, -0.25) is 15.1 Å². The average molecular weight is 473 g/mol. The van der Waals surface area contributed by atoms with Gasteiger partial charge in [0.1, 0.15) is 21.9 Å². The molecule has 0 fully saturated rings. The molecule has 32 heavy (non-hydrogen) atoms. The Morgan fingerprint density at radius 3 is 2.53 bits per heavy atom. The molecule has 0 radical (unpaired) electrons. The summed E-state index contributed by atoms with van der Waals surface area (Å²) in [7, 11) is 1.90. The monoisotopic (exact) mass is 472 g/mol. The van der Waals surface area contributed by atoms with Gasteiger partial charge in [0.05, 0.1) is 17.8 Å². The minimum atomic E-state index is 0.252. The summed E-state index contributed by atoms with van der Waals surface area (Å²) in [6.45, 7) is 9.05. The highest BCUT2D eigenvalue weighted by atomic mass is 35.5. The maximum Gasteiger partial charge on any atom is 0.160 e. The summed E-state index contributed by atoms with van der Waals surface area (Å²) >= 11 is 12.0. The third-order valence-electron chi connectivity index (χ3n) is 4.84. The van der Waals surface area contributed by atoms with E-state index in [9.17, 15) is 5.26 Å². The van der Waals surface area contributed by atoms with Crippen molar-refractivity contribution in [3.8, 4) is 6.07 Å². The fraction of sp³-hybridized carbons (Fsp3) is 0.364. The number of nitrogens with zero attached hydrogens (tertiary/aromatic N) is 6. The van der Waals surface area contributed by atoms with Crippen LogP contribution in [0.15, 0.2) is 30.1 Å². The second-order valence-electron chi connectivity index (χ2n) is 7.71. The highest BCUT2D eigenvalue weighted by Gasteiger charge is 2.19. The van der Waals surface area contributed by atoms with Gasteiger partial charge in [-0.1, -0.05) is 44.0 Å². The quantitative estimate of drug-likeness (QED) is 0.260. The summed E-state index contributed by atoms with van der Waals surface area (Å²) in [6, 6.07) is 7.39. The van der Waals surface area contributed by atoms with Crippen LogP contribution < -0.4 is 15.8 Å². The lowest BCUT2D eigenvalue weighted by molar-refractivity contribution is 0.677. The van der Waals surface area contributed by atoms with E-state index in [4.69, 9.17) is 28.2 Å². The second kappa shape index (κ2) is 10.1. The molecule has 0 atom stereocenters. The van der Waals surface area contributed by atoms with Crippen LogP contribution in [0.4, 0.5) is 11.5 Å². The van der Waals surface area contributed by atoms with Crippen LogP contribution in [0.25, 0.3) is 11.0 Å². The molecule has 0 aliphatic heterocycles. The Labute approximate surface area is 197 Å². The Morgan fingerprint density at radius 1 is 1.25 bits per heavy atom. The van der Waals surface area contributed by atoms with Gasteiger partial charge in [0.2, 0.25) is 0 Å². The average Bonchev–Trinajstić information content (AvgIpc) is 3.00. The molecule has 0 amide bonds. The van der Waals surface area contributed by atoms with Crippen molar-refractivity contribution in [1.29, 1.82) is 5.26 Å². The molecule has 3 aromatic rings. The van der Waals surface area contributed by atoms with Crippen LogP contribution in [-0.2, 0) is 7.05 Å². The van der Waals surface area contributed by atoms with Crippen molar-refractivity contribution in [1.82, 2.24) is 25.2 Å². The van der Waals surface area contributed by atoms with E-state index >= 15 is 0 Å². The van der Waals surface area contributed by atoms with Gasteiger partial charge in [-0.15, -0.1) is 0 Å². The number of aryl methyl sites for hydroxylation is 2.